The maximum absolute atomic E-state index is 13.0. The lowest BCUT2D eigenvalue weighted by atomic mass is 10.1. The van der Waals surface area contributed by atoms with Crippen molar-refractivity contribution >= 4 is 35.0 Å². The van der Waals surface area contributed by atoms with E-state index in [4.69, 9.17) is 8.83 Å². The molecule has 0 aliphatic rings. The fraction of sp³-hybridized carbons (Fsp3) is 0. The van der Waals surface area contributed by atoms with Gasteiger partial charge in [0.1, 0.15) is 0 Å². The second-order valence-corrected chi connectivity index (χ2v) is 6.70. The van der Waals surface area contributed by atoms with Crippen LogP contribution in [0.15, 0.2) is 87.9 Å². The Balaban J connectivity index is 1.46. The summed E-state index contributed by atoms with van der Waals surface area (Å²) >= 11 is 0. The van der Waals surface area contributed by atoms with E-state index in [0.717, 1.165) is 10.9 Å². The van der Waals surface area contributed by atoms with E-state index in [0.29, 0.717) is 22.5 Å². The van der Waals surface area contributed by atoms with Crippen molar-refractivity contribution in [1.29, 1.82) is 0 Å². The van der Waals surface area contributed by atoms with Crippen LogP contribution in [0.2, 0.25) is 0 Å². The Morgan fingerprint density at radius 3 is 2.58 bits per heavy atom. The van der Waals surface area contributed by atoms with E-state index in [1.165, 1.54) is 6.26 Å². The molecule has 0 unspecified atom stereocenters. The molecule has 0 aliphatic carbocycles. The first-order chi connectivity index (χ1) is 15.3. The fourth-order valence-electron chi connectivity index (χ4n) is 3.15. The summed E-state index contributed by atoms with van der Waals surface area (Å²) in [6.07, 6.45) is 5.33. The van der Waals surface area contributed by atoms with Gasteiger partial charge >= 0.3 is 6.01 Å². The molecule has 0 saturated carbocycles. The van der Waals surface area contributed by atoms with Crippen LogP contribution in [0.3, 0.4) is 0 Å². The molecule has 2 aromatic carbocycles. The number of para-hydroxylation sites is 1. The summed E-state index contributed by atoms with van der Waals surface area (Å²) in [5, 5.41) is 11.2. The molecule has 0 aliphatic heterocycles. The van der Waals surface area contributed by atoms with Gasteiger partial charge < -0.3 is 8.83 Å². The lowest BCUT2D eigenvalue weighted by Crippen LogP contribution is -2.13. The number of hydrogen-bond donors (Lipinski definition) is 1. The molecule has 7 heteroatoms. The van der Waals surface area contributed by atoms with E-state index in [1.54, 1.807) is 18.2 Å². The summed E-state index contributed by atoms with van der Waals surface area (Å²) in [6.45, 7) is 0. The van der Waals surface area contributed by atoms with Crippen molar-refractivity contribution in [3.8, 4) is 11.7 Å². The van der Waals surface area contributed by atoms with Gasteiger partial charge in [-0.15, -0.1) is 5.10 Å². The van der Waals surface area contributed by atoms with Gasteiger partial charge in [-0.25, -0.2) is 4.98 Å². The SMILES string of the molecule is O=C(Nc1nnc(-c2ccco2)o1)c1cc(/C=C/c2ccccc2)nc2ccccc12. The zero-order valence-electron chi connectivity index (χ0n) is 16.2. The van der Waals surface area contributed by atoms with Crippen LogP contribution in [0.25, 0.3) is 34.7 Å². The third-order valence-electron chi connectivity index (χ3n) is 4.60. The first kappa shape index (κ1) is 18.5. The number of anilines is 1. The van der Waals surface area contributed by atoms with E-state index in [1.807, 2.05) is 66.7 Å². The Morgan fingerprint density at radius 1 is 0.903 bits per heavy atom. The van der Waals surface area contributed by atoms with Crippen molar-refractivity contribution in [2.75, 3.05) is 5.32 Å². The highest BCUT2D eigenvalue weighted by atomic mass is 16.4. The van der Waals surface area contributed by atoms with Gasteiger partial charge in [0.15, 0.2) is 5.76 Å². The molecule has 5 aromatic rings. The Hall–Kier alpha value is -4.52. The van der Waals surface area contributed by atoms with Crippen LogP contribution in [0.5, 0.6) is 0 Å². The smallest absolute Gasteiger partial charge is 0.322 e. The van der Waals surface area contributed by atoms with Crippen LogP contribution < -0.4 is 5.32 Å². The molecule has 0 spiro atoms. The average Bonchev–Trinajstić information content (AvgIpc) is 3.50. The quantitative estimate of drug-likeness (QED) is 0.424. The highest BCUT2D eigenvalue weighted by Crippen LogP contribution is 2.23. The van der Waals surface area contributed by atoms with Gasteiger partial charge in [0, 0.05) is 5.39 Å². The van der Waals surface area contributed by atoms with Crippen molar-refractivity contribution in [3.63, 3.8) is 0 Å². The third kappa shape index (κ3) is 3.97. The average molecular weight is 408 g/mol. The van der Waals surface area contributed by atoms with Crippen molar-refractivity contribution in [2.24, 2.45) is 0 Å². The normalized spacial score (nSPS) is 11.2. The summed E-state index contributed by atoms with van der Waals surface area (Å²) in [5.74, 6) is 0.240. The minimum atomic E-state index is -0.373. The predicted molar refractivity (Wildman–Crippen MR) is 117 cm³/mol. The first-order valence-corrected chi connectivity index (χ1v) is 9.58. The first-order valence-electron chi connectivity index (χ1n) is 9.58. The number of amides is 1. The van der Waals surface area contributed by atoms with Crippen molar-refractivity contribution < 1.29 is 13.6 Å². The van der Waals surface area contributed by atoms with E-state index in [9.17, 15) is 4.79 Å². The molecule has 3 aromatic heterocycles. The number of nitrogens with one attached hydrogen (secondary N) is 1. The molecule has 31 heavy (non-hydrogen) atoms. The van der Waals surface area contributed by atoms with Gasteiger partial charge in [0.25, 0.3) is 11.8 Å². The van der Waals surface area contributed by atoms with Crippen LogP contribution in [-0.4, -0.2) is 21.1 Å². The summed E-state index contributed by atoms with van der Waals surface area (Å²) in [6, 6.07) is 22.5. The van der Waals surface area contributed by atoms with Gasteiger partial charge in [-0.05, 0) is 35.9 Å². The predicted octanol–water partition coefficient (Wildman–Crippen LogP) is 5.30. The van der Waals surface area contributed by atoms with Crippen LogP contribution in [0.1, 0.15) is 21.6 Å². The molecule has 0 radical (unpaired) electrons. The molecule has 5 rings (SSSR count). The minimum Gasteiger partial charge on any atom is -0.459 e. The molecule has 0 bridgehead atoms. The number of fused-ring (bicyclic) bond motifs is 1. The number of benzene rings is 2. The summed E-state index contributed by atoms with van der Waals surface area (Å²) in [7, 11) is 0. The maximum atomic E-state index is 13.0. The zero-order valence-corrected chi connectivity index (χ0v) is 16.2. The monoisotopic (exact) mass is 408 g/mol. The Morgan fingerprint density at radius 2 is 1.74 bits per heavy atom. The van der Waals surface area contributed by atoms with Crippen molar-refractivity contribution in [1.82, 2.24) is 15.2 Å². The highest BCUT2D eigenvalue weighted by molar-refractivity contribution is 6.12. The van der Waals surface area contributed by atoms with Gasteiger partial charge in [-0.3, -0.25) is 10.1 Å². The Kier molecular flexibility index (Phi) is 4.82. The summed E-state index contributed by atoms with van der Waals surface area (Å²) < 4.78 is 10.7. The Bertz CT molecular complexity index is 1370. The van der Waals surface area contributed by atoms with Crippen LogP contribution in [-0.2, 0) is 0 Å². The van der Waals surface area contributed by atoms with Crippen LogP contribution in [0, 0.1) is 0 Å². The van der Waals surface area contributed by atoms with Crippen molar-refractivity contribution in [2.45, 2.75) is 0 Å². The lowest BCUT2D eigenvalue weighted by molar-refractivity contribution is 0.102. The molecule has 1 N–H and O–H groups in total. The van der Waals surface area contributed by atoms with Crippen LogP contribution >= 0.6 is 0 Å². The second-order valence-electron chi connectivity index (χ2n) is 6.70. The number of carbonyl (C=O) groups excluding carboxylic acids is 1. The number of aromatic nitrogens is 3. The molecule has 1 amide bonds. The zero-order chi connectivity index (χ0) is 21.0. The molecule has 0 fully saturated rings. The number of hydrogen-bond acceptors (Lipinski definition) is 6. The number of nitrogens with zero attached hydrogens (tertiary/aromatic N) is 3. The molecular formula is C24H16N4O3. The maximum Gasteiger partial charge on any atom is 0.322 e. The fourth-order valence-corrected chi connectivity index (χ4v) is 3.15. The van der Waals surface area contributed by atoms with E-state index in [2.05, 4.69) is 20.5 Å². The number of pyridine rings is 1. The van der Waals surface area contributed by atoms with Gasteiger partial charge in [0.2, 0.25) is 0 Å². The number of carbonyl (C=O) groups is 1. The highest BCUT2D eigenvalue weighted by Gasteiger charge is 2.17. The summed E-state index contributed by atoms with van der Waals surface area (Å²) in [4.78, 5) is 17.7. The van der Waals surface area contributed by atoms with E-state index >= 15 is 0 Å². The lowest BCUT2D eigenvalue weighted by Gasteiger charge is -2.07. The van der Waals surface area contributed by atoms with Crippen LogP contribution in [0.4, 0.5) is 6.01 Å². The molecule has 150 valence electrons. The molecular weight excluding hydrogens is 392 g/mol. The molecule has 0 saturated heterocycles. The third-order valence-corrected chi connectivity index (χ3v) is 4.60. The minimum absolute atomic E-state index is 0.0151. The number of furan rings is 1. The molecule has 7 nitrogen and oxygen atoms in total. The van der Waals surface area contributed by atoms with E-state index < -0.39 is 0 Å². The standard InChI is InChI=1S/C24H16N4O3/c29-22(26-24-28-27-23(31-24)21-11-6-14-30-21)19-15-17(13-12-16-7-2-1-3-8-16)25-20-10-5-4-9-18(19)20/h1-15H,(H,26,28,29)/b13-12+. The van der Waals surface area contributed by atoms with Gasteiger partial charge in [-0.2, -0.15) is 0 Å². The molecule has 3 heterocycles. The van der Waals surface area contributed by atoms with Crippen molar-refractivity contribution in [3.05, 3.63) is 95.9 Å². The summed E-state index contributed by atoms with van der Waals surface area (Å²) in [5.41, 5.74) is 2.87. The van der Waals surface area contributed by atoms with Gasteiger partial charge in [-0.1, -0.05) is 59.7 Å². The second kappa shape index (κ2) is 8.08. The topological polar surface area (TPSA) is 94.1 Å². The molecule has 0 atom stereocenters. The largest absolute Gasteiger partial charge is 0.459 e. The van der Waals surface area contributed by atoms with E-state index in [-0.39, 0.29) is 17.8 Å². The van der Waals surface area contributed by atoms with Gasteiger partial charge in [0.05, 0.1) is 23.0 Å². The number of rotatable bonds is 5. The Labute approximate surface area is 177 Å².